The SMILES string of the molecule is CC(C)(NC(=O)c1[nH]ccc1C1CC1)c1nc(C(F)(F)F)cs1. The number of alkyl halides is 3. The number of carbonyl (C=O) groups excluding carboxylic acids is 1. The molecule has 1 saturated carbocycles. The fourth-order valence-corrected chi connectivity index (χ4v) is 3.31. The molecule has 4 nitrogen and oxygen atoms in total. The molecule has 8 heteroatoms. The number of rotatable bonds is 4. The first-order valence-corrected chi connectivity index (χ1v) is 8.09. The van der Waals surface area contributed by atoms with Crippen molar-refractivity contribution in [3.05, 3.63) is 39.6 Å². The molecule has 2 aromatic rings. The number of aromatic amines is 1. The van der Waals surface area contributed by atoms with E-state index < -0.39 is 17.4 Å². The highest BCUT2D eigenvalue weighted by Gasteiger charge is 2.37. The van der Waals surface area contributed by atoms with Crippen molar-refractivity contribution >= 4 is 17.2 Å². The first kappa shape index (κ1) is 16.0. The minimum Gasteiger partial charge on any atom is -0.357 e. The van der Waals surface area contributed by atoms with Gasteiger partial charge in [-0.3, -0.25) is 4.79 Å². The summed E-state index contributed by atoms with van der Waals surface area (Å²) >= 11 is 0.889. The Hall–Kier alpha value is -1.83. The third-order valence-electron chi connectivity index (χ3n) is 3.78. The number of nitrogens with one attached hydrogen (secondary N) is 2. The van der Waals surface area contributed by atoms with E-state index in [-0.39, 0.29) is 10.9 Å². The maximum absolute atomic E-state index is 12.7. The van der Waals surface area contributed by atoms with Crippen LogP contribution < -0.4 is 5.32 Å². The van der Waals surface area contributed by atoms with Crippen LogP contribution in [0.2, 0.25) is 0 Å². The molecule has 1 aliphatic carbocycles. The van der Waals surface area contributed by atoms with Gasteiger partial charge in [0.2, 0.25) is 0 Å². The molecule has 2 heterocycles. The minimum atomic E-state index is -4.48. The second kappa shape index (κ2) is 5.36. The number of hydrogen-bond acceptors (Lipinski definition) is 3. The summed E-state index contributed by atoms with van der Waals surface area (Å²) in [6.07, 6.45) is -0.653. The van der Waals surface area contributed by atoms with Crippen LogP contribution in [0.5, 0.6) is 0 Å². The lowest BCUT2D eigenvalue weighted by molar-refractivity contribution is -0.140. The van der Waals surface area contributed by atoms with E-state index in [2.05, 4.69) is 15.3 Å². The van der Waals surface area contributed by atoms with Gasteiger partial charge >= 0.3 is 6.18 Å². The van der Waals surface area contributed by atoms with Crippen LogP contribution in [-0.4, -0.2) is 15.9 Å². The van der Waals surface area contributed by atoms with Crippen LogP contribution in [0.1, 0.15) is 59.4 Å². The molecule has 124 valence electrons. The molecule has 0 unspecified atom stereocenters. The maximum atomic E-state index is 12.7. The lowest BCUT2D eigenvalue weighted by Crippen LogP contribution is -2.41. The van der Waals surface area contributed by atoms with E-state index in [1.165, 1.54) is 0 Å². The van der Waals surface area contributed by atoms with E-state index in [9.17, 15) is 18.0 Å². The Morgan fingerprint density at radius 2 is 2.09 bits per heavy atom. The van der Waals surface area contributed by atoms with E-state index in [4.69, 9.17) is 0 Å². The first-order chi connectivity index (χ1) is 10.7. The Kier molecular flexibility index (Phi) is 3.74. The lowest BCUT2D eigenvalue weighted by Gasteiger charge is -2.24. The third-order valence-corrected chi connectivity index (χ3v) is 4.94. The van der Waals surface area contributed by atoms with Crippen molar-refractivity contribution in [1.29, 1.82) is 0 Å². The molecule has 0 bridgehead atoms. The molecular formula is C15H16F3N3OS. The van der Waals surface area contributed by atoms with Gasteiger partial charge in [-0.25, -0.2) is 4.98 Å². The van der Waals surface area contributed by atoms with Crippen molar-refractivity contribution in [2.24, 2.45) is 0 Å². The zero-order valence-corrected chi connectivity index (χ0v) is 13.4. The van der Waals surface area contributed by atoms with Crippen LogP contribution in [0, 0.1) is 0 Å². The summed E-state index contributed by atoms with van der Waals surface area (Å²) in [6.45, 7) is 3.28. The molecule has 0 saturated heterocycles. The number of amides is 1. The van der Waals surface area contributed by atoms with Gasteiger partial charge in [0.05, 0.1) is 5.54 Å². The molecule has 0 spiro atoms. The van der Waals surface area contributed by atoms with Gasteiger partial charge in [-0.15, -0.1) is 11.3 Å². The largest absolute Gasteiger partial charge is 0.434 e. The highest BCUT2D eigenvalue weighted by Crippen LogP contribution is 2.41. The summed E-state index contributed by atoms with van der Waals surface area (Å²) < 4.78 is 38.0. The van der Waals surface area contributed by atoms with Gasteiger partial charge < -0.3 is 10.3 Å². The molecule has 1 fully saturated rings. The molecule has 1 aliphatic rings. The van der Waals surface area contributed by atoms with Crippen LogP contribution >= 0.6 is 11.3 Å². The summed E-state index contributed by atoms with van der Waals surface area (Å²) in [5, 5.41) is 3.96. The average molecular weight is 343 g/mol. The molecule has 0 aliphatic heterocycles. The van der Waals surface area contributed by atoms with Gasteiger partial charge in [-0.05, 0) is 44.2 Å². The lowest BCUT2D eigenvalue weighted by atomic mass is 10.1. The van der Waals surface area contributed by atoms with Gasteiger partial charge in [0, 0.05) is 11.6 Å². The van der Waals surface area contributed by atoms with E-state index in [0.29, 0.717) is 11.6 Å². The summed E-state index contributed by atoms with van der Waals surface area (Å²) in [4.78, 5) is 19.0. The number of halogens is 3. The Morgan fingerprint density at radius 1 is 1.39 bits per heavy atom. The number of aromatic nitrogens is 2. The second-order valence-electron chi connectivity index (χ2n) is 6.20. The van der Waals surface area contributed by atoms with Crippen LogP contribution in [0.3, 0.4) is 0 Å². The predicted octanol–water partition coefficient (Wildman–Crippen LogP) is 4.03. The Balaban J connectivity index is 1.78. The van der Waals surface area contributed by atoms with Gasteiger partial charge in [-0.1, -0.05) is 0 Å². The number of carbonyl (C=O) groups is 1. The number of thiazole rings is 1. The summed E-state index contributed by atoms with van der Waals surface area (Å²) in [5.74, 6) is 0.0764. The van der Waals surface area contributed by atoms with Crippen molar-refractivity contribution in [2.45, 2.75) is 44.3 Å². The van der Waals surface area contributed by atoms with Gasteiger partial charge in [0.25, 0.3) is 5.91 Å². The Labute approximate surface area is 135 Å². The Morgan fingerprint density at radius 3 is 2.65 bits per heavy atom. The highest BCUT2D eigenvalue weighted by molar-refractivity contribution is 7.09. The van der Waals surface area contributed by atoms with Crippen LogP contribution in [0.4, 0.5) is 13.2 Å². The zero-order valence-electron chi connectivity index (χ0n) is 12.6. The van der Waals surface area contributed by atoms with Crippen molar-refractivity contribution in [3.8, 4) is 0 Å². The maximum Gasteiger partial charge on any atom is 0.434 e. The molecule has 0 aromatic carbocycles. The van der Waals surface area contributed by atoms with E-state index in [1.54, 1.807) is 20.0 Å². The van der Waals surface area contributed by atoms with Gasteiger partial charge in [-0.2, -0.15) is 13.2 Å². The third kappa shape index (κ3) is 3.26. The summed E-state index contributed by atoms with van der Waals surface area (Å²) in [5.41, 5.74) is -0.475. The molecule has 23 heavy (non-hydrogen) atoms. The fraction of sp³-hybridized carbons (Fsp3) is 0.467. The summed E-state index contributed by atoms with van der Waals surface area (Å²) in [7, 11) is 0. The van der Waals surface area contributed by atoms with E-state index in [0.717, 1.165) is 35.1 Å². The first-order valence-electron chi connectivity index (χ1n) is 7.21. The highest BCUT2D eigenvalue weighted by atomic mass is 32.1. The van der Waals surface area contributed by atoms with E-state index in [1.807, 2.05) is 6.07 Å². The van der Waals surface area contributed by atoms with E-state index >= 15 is 0 Å². The molecule has 2 N–H and O–H groups in total. The summed E-state index contributed by atoms with van der Waals surface area (Å²) in [6, 6.07) is 1.88. The normalized spacial score (nSPS) is 15.7. The predicted molar refractivity (Wildman–Crippen MR) is 80.4 cm³/mol. The zero-order chi connectivity index (χ0) is 16.8. The van der Waals surface area contributed by atoms with Crippen molar-refractivity contribution in [2.75, 3.05) is 0 Å². The van der Waals surface area contributed by atoms with Crippen LogP contribution in [-0.2, 0) is 11.7 Å². The van der Waals surface area contributed by atoms with Crippen LogP contribution in [0.15, 0.2) is 17.6 Å². The van der Waals surface area contributed by atoms with Gasteiger partial charge in [0.15, 0.2) is 5.69 Å². The fourth-order valence-electron chi connectivity index (χ4n) is 2.40. The van der Waals surface area contributed by atoms with Crippen molar-refractivity contribution in [1.82, 2.24) is 15.3 Å². The average Bonchev–Trinajstić information content (AvgIpc) is 2.97. The standard InChI is InChI=1S/C15H16F3N3OS/c1-14(2,13-20-10(7-23-13)15(16,17)18)21-12(22)11-9(5-6-19-11)8-3-4-8/h5-8,19H,3-4H2,1-2H3,(H,21,22). The molecule has 0 atom stereocenters. The number of nitrogens with zero attached hydrogens (tertiary/aromatic N) is 1. The van der Waals surface area contributed by atoms with Crippen molar-refractivity contribution in [3.63, 3.8) is 0 Å². The molecule has 3 rings (SSSR count). The molecule has 0 radical (unpaired) electrons. The smallest absolute Gasteiger partial charge is 0.357 e. The Bertz CT molecular complexity index is 728. The molecular weight excluding hydrogens is 327 g/mol. The van der Waals surface area contributed by atoms with Crippen LogP contribution in [0.25, 0.3) is 0 Å². The molecule has 1 amide bonds. The number of hydrogen-bond donors (Lipinski definition) is 2. The minimum absolute atomic E-state index is 0.220. The monoisotopic (exact) mass is 343 g/mol. The quantitative estimate of drug-likeness (QED) is 0.880. The van der Waals surface area contributed by atoms with Gasteiger partial charge in [0.1, 0.15) is 10.7 Å². The van der Waals surface area contributed by atoms with Crippen molar-refractivity contribution < 1.29 is 18.0 Å². The topological polar surface area (TPSA) is 57.8 Å². The second-order valence-corrected chi connectivity index (χ2v) is 7.06. The molecule has 2 aromatic heterocycles. The number of H-pyrrole nitrogens is 1.